The highest BCUT2D eigenvalue weighted by atomic mass is 32.1. The fraction of sp³-hybridized carbons (Fsp3) is 0.261. The van der Waals surface area contributed by atoms with Crippen molar-refractivity contribution in [2.45, 2.75) is 6.42 Å². The Balaban J connectivity index is 1.27. The molecule has 0 radical (unpaired) electrons. The summed E-state index contributed by atoms with van der Waals surface area (Å²) >= 11 is 1.62. The van der Waals surface area contributed by atoms with E-state index < -0.39 is 0 Å². The van der Waals surface area contributed by atoms with E-state index in [4.69, 9.17) is 9.72 Å². The lowest BCUT2D eigenvalue weighted by molar-refractivity contribution is -0.123. The van der Waals surface area contributed by atoms with Crippen molar-refractivity contribution < 1.29 is 14.3 Å². The molecular weight excluding hydrogens is 412 g/mol. The van der Waals surface area contributed by atoms with Crippen molar-refractivity contribution in [2.75, 3.05) is 43.1 Å². The third-order valence-corrected chi connectivity index (χ3v) is 5.79. The second-order valence-corrected chi connectivity index (χ2v) is 8.02. The molecule has 3 aromatic rings. The van der Waals surface area contributed by atoms with Gasteiger partial charge < -0.3 is 20.3 Å². The molecule has 160 valence electrons. The zero-order chi connectivity index (χ0) is 21.5. The number of thiazole rings is 1. The normalized spacial score (nSPS) is 13.6. The first-order valence-electron chi connectivity index (χ1n) is 10.2. The molecule has 1 aliphatic heterocycles. The molecule has 1 saturated heterocycles. The van der Waals surface area contributed by atoms with Gasteiger partial charge in [0.05, 0.1) is 31.9 Å². The van der Waals surface area contributed by atoms with E-state index in [-0.39, 0.29) is 24.8 Å². The lowest BCUT2D eigenvalue weighted by atomic mass is 10.1. The van der Waals surface area contributed by atoms with Crippen molar-refractivity contribution in [3.63, 3.8) is 0 Å². The minimum Gasteiger partial charge on any atom is -0.378 e. The molecule has 2 heterocycles. The molecule has 31 heavy (non-hydrogen) atoms. The van der Waals surface area contributed by atoms with Crippen LogP contribution in [0.2, 0.25) is 0 Å². The summed E-state index contributed by atoms with van der Waals surface area (Å²) in [5.74, 6) is -0.450. The zero-order valence-corrected chi connectivity index (χ0v) is 17.9. The van der Waals surface area contributed by atoms with Gasteiger partial charge in [-0.15, -0.1) is 11.3 Å². The summed E-state index contributed by atoms with van der Waals surface area (Å²) in [6.07, 6.45) is 0.253. The quantitative estimate of drug-likeness (QED) is 0.595. The van der Waals surface area contributed by atoms with E-state index in [1.165, 1.54) is 0 Å². The monoisotopic (exact) mass is 436 g/mol. The number of rotatable bonds is 7. The Labute approximate surface area is 185 Å². The Morgan fingerprint density at radius 2 is 1.74 bits per heavy atom. The summed E-state index contributed by atoms with van der Waals surface area (Å²) in [6, 6.07) is 17.0. The number of amides is 2. The van der Waals surface area contributed by atoms with Crippen LogP contribution in [0.25, 0.3) is 11.3 Å². The van der Waals surface area contributed by atoms with Crippen LogP contribution in [0.5, 0.6) is 0 Å². The van der Waals surface area contributed by atoms with E-state index in [0.717, 1.165) is 48.3 Å². The van der Waals surface area contributed by atoms with Crippen molar-refractivity contribution in [1.29, 1.82) is 0 Å². The Morgan fingerprint density at radius 1 is 1.00 bits per heavy atom. The predicted octanol–water partition coefficient (Wildman–Crippen LogP) is 2.94. The van der Waals surface area contributed by atoms with E-state index in [0.29, 0.717) is 5.69 Å². The zero-order valence-electron chi connectivity index (χ0n) is 17.0. The summed E-state index contributed by atoms with van der Waals surface area (Å²) in [6.45, 7) is 3.12. The van der Waals surface area contributed by atoms with Crippen LogP contribution in [0.4, 0.5) is 10.8 Å². The Kier molecular flexibility index (Phi) is 6.91. The van der Waals surface area contributed by atoms with Gasteiger partial charge in [0.15, 0.2) is 5.13 Å². The highest BCUT2D eigenvalue weighted by Gasteiger charge is 2.15. The van der Waals surface area contributed by atoms with Crippen LogP contribution >= 0.6 is 11.3 Å². The molecule has 2 N–H and O–H groups in total. The molecular formula is C23H24N4O3S. The summed E-state index contributed by atoms with van der Waals surface area (Å²) in [5, 5.41) is 8.50. The number of anilines is 2. The summed E-state index contributed by atoms with van der Waals surface area (Å²) < 4.78 is 5.39. The van der Waals surface area contributed by atoms with Gasteiger partial charge in [0.25, 0.3) is 0 Å². The van der Waals surface area contributed by atoms with Crippen LogP contribution in [-0.4, -0.2) is 49.6 Å². The van der Waals surface area contributed by atoms with E-state index in [1.807, 2.05) is 60.0 Å². The van der Waals surface area contributed by atoms with E-state index >= 15 is 0 Å². The average molecular weight is 437 g/mol. The average Bonchev–Trinajstić information content (AvgIpc) is 3.30. The highest BCUT2D eigenvalue weighted by Crippen LogP contribution is 2.28. The van der Waals surface area contributed by atoms with Gasteiger partial charge in [-0.2, -0.15) is 0 Å². The SMILES string of the molecule is O=C(Cc1ccccc1)NCC(=O)Nc1ccc(-c2csc(N3CCOCC3)n2)cc1. The Bertz CT molecular complexity index is 1010. The number of morpholine rings is 1. The smallest absolute Gasteiger partial charge is 0.243 e. The van der Waals surface area contributed by atoms with Crippen molar-refractivity contribution in [1.82, 2.24) is 10.3 Å². The largest absolute Gasteiger partial charge is 0.378 e. The van der Waals surface area contributed by atoms with Crippen LogP contribution in [0.1, 0.15) is 5.56 Å². The summed E-state index contributed by atoms with van der Waals surface area (Å²) in [7, 11) is 0. The molecule has 0 unspecified atom stereocenters. The van der Waals surface area contributed by atoms with Crippen LogP contribution in [-0.2, 0) is 20.7 Å². The molecule has 1 aromatic heterocycles. The first-order valence-corrected chi connectivity index (χ1v) is 11.0. The third kappa shape index (κ3) is 5.90. The molecule has 7 nitrogen and oxygen atoms in total. The second kappa shape index (κ2) is 10.2. The van der Waals surface area contributed by atoms with Crippen molar-refractivity contribution in [3.8, 4) is 11.3 Å². The van der Waals surface area contributed by atoms with Gasteiger partial charge >= 0.3 is 0 Å². The Hall–Kier alpha value is -3.23. The number of hydrogen-bond acceptors (Lipinski definition) is 6. The minimum absolute atomic E-state index is 0.0671. The van der Waals surface area contributed by atoms with E-state index in [2.05, 4.69) is 15.5 Å². The van der Waals surface area contributed by atoms with Crippen LogP contribution in [0, 0.1) is 0 Å². The van der Waals surface area contributed by atoms with Crippen molar-refractivity contribution in [3.05, 3.63) is 65.5 Å². The maximum absolute atomic E-state index is 12.2. The van der Waals surface area contributed by atoms with Gasteiger partial charge in [0.2, 0.25) is 11.8 Å². The number of carbonyl (C=O) groups excluding carboxylic acids is 2. The lowest BCUT2D eigenvalue weighted by Crippen LogP contribution is -2.36. The number of carbonyl (C=O) groups is 2. The molecule has 0 atom stereocenters. The molecule has 1 aliphatic rings. The number of hydrogen-bond donors (Lipinski definition) is 2. The predicted molar refractivity (Wildman–Crippen MR) is 122 cm³/mol. The van der Waals surface area contributed by atoms with Gasteiger partial charge in [0.1, 0.15) is 0 Å². The fourth-order valence-corrected chi connectivity index (χ4v) is 4.14. The van der Waals surface area contributed by atoms with Crippen LogP contribution in [0.15, 0.2) is 60.0 Å². The van der Waals surface area contributed by atoms with Crippen LogP contribution in [0.3, 0.4) is 0 Å². The molecule has 2 amide bonds. The molecule has 0 aliphatic carbocycles. The molecule has 0 saturated carbocycles. The maximum atomic E-state index is 12.2. The number of benzene rings is 2. The number of aromatic nitrogens is 1. The number of ether oxygens (including phenoxy) is 1. The van der Waals surface area contributed by atoms with Crippen molar-refractivity contribution >= 4 is 34.0 Å². The summed E-state index contributed by atoms with van der Waals surface area (Å²) in [4.78, 5) is 31.1. The first kappa shape index (κ1) is 21.0. The van der Waals surface area contributed by atoms with Crippen molar-refractivity contribution in [2.24, 2.45) is 0 Å². The number of nitrogens with one attached hydrogen (secondary N) is 2. The third-order valence-electron chi connectivity index (χ3n) is 4.89. The molecule has 2 aromatic carbocycles. The van der Waals surface area contributed by atoms with Gasteiger partial charge in [0, 0.05) is 29.7 Å². The fourth-order valence-electron chi connectivity index (χ4n) is 3.25. The second-order valence-electron chi connectivity index (χ2n) is 7.18. The number of nitrogens with zero attached hydrogens (tertiary/aromatic N) is 2. The standard InChI is InChI=1S/C23H24N4O3S/c28-21(14-17-4-2-1-3-5-17)24-15-22(29)25-19-8-6-18(7-9-19)20-16-31-23(26-20)27-10-12-30-13-11-27/h1-9,16H,10-15H2,(H,24,28)(H,25,29). The van der Waals surface area contributed by atoms with E-state index in [9.17, 15) is 9.59 Å². The minimum atomic E-state index is -0.266. The molecule has 0 bridgehead atoms. The van der Waals surface area contributed by atoms with Gasteiger partial charge in [-0.25, -0.2) is 4.98 Å². The lowest BCUT2D eigenvalue weighted by Gasteiger charge is -2.26. The van der Waals surface area contributed by atoms with Gasteiger partial charge in [-0.05, 0) is 17.7 Å². The van der Waals surface area contributed by atoms with Gasteiger partial charge in [-0.3, -0.25) is 9.59 Å². The van der Waals surface area contributed by atoms with E-state index in [1.54, 1.807) is 11.3 Å². The van der Waals surface area contributed by atoms with Gasteiger partial charge in [-0.1, -0.05) is 42.5 Å². The maximum Gasteiger partial charge on any atom is 0.243 e. The van der Waals surface area contributed by atoms with Crippen LogP contribution < -0.4 is 15.5 Å². The Morgan fingerprint density at radius 3 is 2.48 bits per heavy atom. The first-order chi connectivity index (χ1) is 15.2. The topological polar surface area (TPSA) is 83.6 Å². The molecule has 1 fully saturated rings. The molecule has 4 rings (SSSR count). The molecule has 8 heteroatoms. The molecule has 0 spiro atoms. The summed E-state index contributed by atoms with van der Waals surface area (Å²) in [5.41, 5.74) is 3.49. The highest BCUT2D eigenvalue weighted by molar-refractivity contribution is 7.14.